The molecule has 3 rings (SSSR count). The van der Waals surface area contributed by atoms with E-state index in [0.29, 0.717) is 19.6 Å². The molecule has 7 nitrogen and oxygen atoms in total. The van der Waals surface area contributed by atoms with Crippen molar-refractivity contribution < 1.29 is 27.9 Å². The molecule has 0 aromatic heterocycles. The average molecular weight is 446 g/mol. The Morgan fingerprint density at radius 1 is 1.30 bits per heavy atom. The zero-order valence-corrected chi connectivity index (χ0v) is 16.1. The molecule has 10 heteroatoms. The van der Waals surface area contributed by atoms with Crippen LogP contribution in [0.3, 0.4) is 0 Å². The first-order chi connectivity index (χ1) is 12.7. The highest BCUT2D eigenvalue weighted by Gasteiger charge is 2.39. The van der Waals surface area contributed by atoms with Crippen molar-refractivity contribution in [1.29, 1.82) is 0 Å². The molecule has 1 unspecified atom stereocenters. The van der Waals surface area contributed by atoms with Crippen LogP contribution in [0.1, 0.15) is 13.3 Å². The standard InChI is InChI=1S/C17H18BrF2N3O4/c1-17(7-27-8-17)22-15(25)16(26)23-3-2-9(6-23)14(24)21-10-4-11(18)13(20)12(19)5-10/h4-5,9H,2-3,6-8H2,1H3,(H,21,24)(H,22,25). The van der Waals surface area contributed by atoms with Crippen molar-refractivity contribution in [2.24, 2.45) is 5.92 Å². The molecule has 27 heavy (non-hydrogen) atoms. The summed E-state index contributed by atoms with van der Waals surface area (Å²) in [5, 5.41) is 5.14. The van der Waals surface area contributed by atoms with Gasteiger partial charge in [-0.15, -0.1) is 0 Å². The lowest BCUT2D eigenvalue weighted by Crippen LogP contribution is -2.62. The number of benzene rings is 1. The summed E-state index contributed by atoms with van der Waals surface area (Å²) in [6.45, 7) is 2.82. The number of hydrogen-bond donors (Lipinski definition) is 2. The van der Waals surface area contributed by atoms with Gasteiger partial charge in [-0.1, -0.05) is 0 Å². The summed E-state index contributed by atoms with van der Waals surface area (Å²) in [5.74, 6) is -4.53. The van der Waals surface area contributed by atoms with Gasteiger partial charge in [0.1, 0.15) is 0 Å². The van der Waals surface area contributed by atoms with Gasteiger partial charge in [0.25, 0.3) is 0 Å². The van der Waals surface area contributed by atoms with Crippen LogP contribution in [0.4, 0.5) is 14.5 Å². The van der Waals surface area contributed by atoms with Crippen molar-refractivity contribution >= 4 is 39.3 Å². The molecular formula is C17H18BrF2N3O4. The first kappa shape index (κ1) is 19.7. The van der Waals surface area contributed by atoms with Gasteiger partial charge in [-0.3, -0.25) is 14.4 Å². The van der Waals surface area contributed by atoms with Crippen LogP contribution in [0.5, 0.6) is 0 Å². The highest BCUT2D eigenvalue weighted by atomic mass is 79.9. The molecule has 2 aliphatic rings. The number of hydrogen-bond acceptors (Lipinski definition) is 4. The average Bonchev–Trinajstić information content (AvgIpc) is 3.07. The zero-order valence-electron chi connectivity index (χ0n) is 14.5. The highest BCUT2D eigenvalue weighted by molar-refractivity contribution is 9.10. The number of ether oxygens (including phenoxy) is 1. The molecular weight excluding hydrogens is 428 g/mol. The summed E-state index contributed by atoms with van der Waals surface area (Å²) in [6.07, 6.45) is 0.371. The normalized spacial score (nSPS) is 20.7. The van der Waals surface area contributed by atoms with E-state index in [9.17, 15) is 23.2 Å². The fraction of sp³-hybridized carbons (Fsp3) is 0.471. The van der Waals surface area contributed by atoms with E-state index in [4.69, 9.17) is 4.74 Å². The molecule has 0 bridgehead atoms. The van der Waals surface area contributed by atoms with Gasteiger partial charge in [-0.2, -0.15) is 0 Å². The van der Waals surface area contributed by atoms with E-state index in [1.54, 1.807) is 6.92 Å². The van der Waals surface area contributed by atoms with Crippen molar-refractivity contribution in [2.75, 3.05) is 31.6 Å². The van der Waals surface area contributed by atoms with E-state index in [1.165, 1.54) is 11.0 Å². The topological polar surface area (TPSA) is 87.7 Å². The predicted octanol–water partition coefficient (Wildman–Crippen LogP) is 1.42. The molecule has 0 radical (unpaired) electrons. The van der Waals surface area contributed by atoms with Crippen molar-refractivity contribution in [3.63, 3.8) is 0 Å². The Balaban J connectivity index is 1.56. The minimum atomic E-state index is -1.09. The molecule has 2 fully saturated rings. The van der Waals surface area contributed by atoms with Gasteiger partial charge < -0.3 is 20.3 Å². The Hall–Kier alpha value is -2.07. The second kappa shape index (κ2) is 7.51. The van der Waals surface area contributed by atoms with Crippen LogP contribution in [0.15, 0.2) is 16.6 Å². The molecule has 1 aromatic carbocycles. The third-order valence-electron chi connectivity index (χ3n) is 4.55. The number of nitrogens with one attached hydrogen (secondary N) is 2. The zero-order chi connectivity index (χ0) is 19.8. The minimum absolute atomic E-state index is 0.0795. The molecule has 2 heterocycles. The molecule has 146 valence electrons. The van der Waals surface area contributed by atoms with E-state index in [-0.39, 0.29) is 23.2 Å². The van der Waals surface area contributed by atoms with Crippen LogP contribution in [-0.2, 0) is 19.1 Å². The van der Waals surface area contributed by atoms with Crippen molar-refractivity contribution in [3.05, 3.63) is 28.2 Å². The van der Waals surface area contributed by atoms with E-state index in [1.807, 2.05) is 0 Å². The SMILES string of the molecule is CC1(NC(=O)C(=O)N2CCC(C(=O)Nc3cc(F)c(F)c(Br)c3)C2)COC1. The van der Waals surface area contributed by atoms with E-state index < -0.39 is 40.8 Å². The molecule has 0 spiro atoms. The number of amides is 3. The maximum Gasteiger partial charge on any atom is 0.311 e. The van der Waals surface area contributed by atoms with Crippen LogP contribution in [0.2, 0.25) is 0 Å². The van der Waals surface area contributed by atoms with Gasteiger partial charge in [-0.25, -0.2) is 8.78 Å². The Labute approximate surface area is 162 Å². The van der Waals surface area contributed by atoms with E-state index in [2.05, 4.69) is 26.6 Å². The Kier molecular flexibility index (Phi) is 5.48. The molecule has 2 saturated heterocycles. The lowest BCUT2D eigenvalue weighted by Gasteiger charge is -2.38. The molecule has 0 saturated carbocycles. The number of anilines is 1. The van der Waals surface area contributed by atoms with Crippen molar-refractivity contribution in [3.8, 4) is 0 Å². The van der Waals surface area contributed by atoms with E-state index >= 15 is 0 Å². The maximum atomic E-state index is 13.4. The number of likely N-dealkylation sites (tertiary alicyclic amines) is 1. The predicted molar refractivity (Wildman–Crippen MR) is 94.7 cm³/mol. The number of carbonyl (C=O) groups is 3. The van der Waals surface area contributed by atoms with Gasteiger partial charge in [0.2, 0.25) is 5.91 Å². The molecule has 1 atom stereocenters. The summed E-state index contributed by atoms with van der Waals surface area (Å²) in [7, 11) is 0. The molecule has 0 aliphatic carbocycles. The smallest absolute Gasteiger partial charge is 0.311 e. The largest absolute Gasteiger partial charge is 0.376 e. The molecule has 2 aliphatic heterocycles. The molecule has 3 amide bonds. The highest BCUT2D eigenvalue weighted by Crippen LogP contribution is 2.25. The lowest BCUT2D eigenvalue weighted by atomic mass is 10.0. The quantitative estimate of drug-likeness (QED) is 0.543. The van der Waals surface area contributed by atoms with Gasteiger partial charge in [-0.05, 0) is 35.3 Å². The number of rotatable bonds is 3. The Morgan fingerprint density at radius 3 is 2.59 bits per heavy atom. The summed E-state index contributed by atoms with van der Waals surface area (Å²) >= 11 is 2.88. The molecule has 2 N–H and O–H groups in total. The minimum Gasteiger partial charge on any atom is -0.376 e. The third-order valence-corrected chi connectivity index (χ3v) is 5.13. The van der Waals surface area contributed by atoms with Crippen molar-refractivity contribution in [1.82, 2.24) is 10.2 Å². The fourth-order valence-corrected chi connectivity index (χ4v) is 3.42. The second-order valence-electron chi connectivity index (χ2n) is 6.99. The summed E-state index contributed by atoms with van der Waals surface area (Å²) < 4.78 is 31.6. The van der Waals surface area contributed by atoms with Gasteiger partial charge in [0, 0.05) is 24.8 Å². The first-order valence-corrected chi connectivity index (χ1v) is 9.12. The van der Waals surface area contributed by atoms with Crippen LogP contribution in [0, 0.1) is 17.6 Å². The third kappa shape index (κ3) is 4.27. The number of nitrogens with zero attached hydrogens (tertiary/aromatic N) is 1. The van der Waals surface area contributed by atoms with Crippen molar-refractivity contribution in [2.45, 2.75) is 18.9 Å². The monoisotopic (exact) mass is 445 g/mol. The van der Waals surface area contributed by atoms with Crippen LogP contribution in [0.25, 0.3) is 0 Å². The number of carbonyl (C=O) groups excluding carboxylic acids is 3. The van der Waals surface area contributed by atoms with Crippen LogP contribution < -0.4 is 10.6 Å². The summed E-state index contributed by atoms with van der Waals surface area (Å²) in [5.41, 5.74) is -0.435. The van der Waals surface area contributed by atoms with Gasteiger partial charge in [0.15, 0.2) is 11.6 Å². The first-order valence-electron chi connectivity index (χ1n) is 8.33. The van der Waals surface area contributed by atoms with Gasteiger partial charge >= 0.3 is 11.8 Å². The Morgan fingerprint density at radius 2 is 2.00 bits per heavy atom. The summed E-state index contributed by atoms with van der Waals surface area (Å²) in [6, 6.07) is 2.13. The maximum absolute atomic E-state index is 13.4. The fourth-order valence-electron chi connectivity index (χ4n) is 2.98. The second-order valence-corrected chi connectivity index (χ2v) is 7.84. The Bertz CT molecular complexity index is 777. The van der Waals surface area contributed by atoms with Gasteiger partial charge in [0.05, 0.1) is 29.1 Å². The molecule has 1 aromatic rings. The summed E-state index contributed by atoms with van der Waals surface area (Å²) in [4.78, 5) is 38.0. The van der Waals surface area contributed by atoms with Crippen LogP contribution >= 0.6 is 15.9 Å². The number of halogens is 3. The lowest BCUT2D eigenvalue weighted by molar-refractivity contribution is -0.150. The van der Waals surface area contributed by atoms with Crippen LogP contribution in [-0.4, -0.2) is 54.5 Å². The van der Waals surface area contributed by atoms with E-state index in [0.717, 1.165) is 6.07 Å².